The van der Waals surface area contributed by atoms with E-state index in [-0.39, 0.29) is 34.6 Å². The number of carbonyl (C=O) groups is 2. The van der Waals surface area contributed by atoms with Crippen molar-refractivity contribution < 1.29 is 14.5 Å². The first kappa shape index (κ1) is 19.5. The van der Waals surface area contributed by atoms with Crippen molar-refractivity contribution in [3.63, 3.8) is 0 Å². The Hall–Kier alpha value is -2.80. The monoisotopic (exact) mass is 395 g/mol. The Morgan fingerprint density at radius 3 is 2.07 bits per heavy atom. The topological polar surface area (TPSA) is 83.8 Å². The molecule has 2 aliphatic heterocycles. The predicted octanol–water partition coefficient (Wildman–Crippen LogP) is 4.00. The van der Waals surface area contributed by atoms with Gasteiger partial charge in [0, 0.05) is 39.7 Å². The second-order valence-corrected chi connectivity index (χ2v) is 9.34. The molecule has 1 fully saturated rings. The Balaban J connectivity index is 1.85. The molecule has 0 aliphatic carbocycles. The Kier molecular flexibility index (Phi) is 4.10. The lowest BCUT2D eigenvalue weighted by Crippen LogP contribution is -2.64. The van der Waals surface area contributed by atoms with Crippen LogP contribution in [-0.4, -0.2) is 50.7 Å². The third-order valence-electron chi connectivity index (χ3n) is 6.76. The summed E-state index contributed by atoms with van der Waals surface area (Å²) in [5, 5.41) is 12.1. The quantitative estimate of drug-likeness (QED) is 0.436. The van der Waals surface area contributed by atoms with E-state index in [1.807, 2.05) is 0 Å². The van der Waals surface area contributed by atoms with Crippen LogP contribution in [0.2, 0.25) is 0 Å². The first-order chi connectivity index (χ1) is 13.5. The molecule has 0 saturated carbocycles. The Bertz CT molecular complexity index is 1030. The van der Waals surface area contributed by atoms with Crippen molar-refractivity contribution in [2.75, 3.05) is 7.05 Å². The molecule has 2 aliphatic rings. The highest BCUT2D eigenvalue weighted by molar-refractivity contribution is 6.26. The lowest BCUT2D eigenvalue weighted by Gasteiger charge is -2.55. The van der Waals surface area contributed by atoms with Crippen LogP contribution < -0.4 is 0 Å². The van der Waals surface area contributed by atoms with Gasteiger partial charge in [0.05, 0.1) is 10.3 Å². The zero-order valence-corrected chi connectivity index (χ0v) is 17.4. The SMILES string of the molecule is CN1C(C)(C)CC(N2C(=O)c3cccc4c([N+](=O)[O-])ccc(c34)C2=O)CC1(C)C. The van der Waals surface area contributed by atoms with Gasteiger partial charge in [-0.2, -0.15) is 0 Å². The van der Waals surface area contributed by atoms with E-state index >= 15 is 0 Å². The zero-order valence-electron chi connectivity index (χ0n) is 17.4. The van der Waals surface area contributed by atoms with Crippen LogP contribution in [0.25, 0.3) is 10.8 Å². The highest BCUT2D eigenvalue weighted by Crippen LogP contribution is 2.42. The number of benzene rings is 2. The van der Waals surface area contributed by atoms with Gasteiger partial charge < -0.3 is 0 Å². The molecule has 0 N–H and O–H groups in total. The molecule has 2 heterocycles. The van der Waals surface area contributed by atoms with Gasteiger partial charge in [-0.25, -0.2) is 0 Å². The molecule has 29 heavy (non-hydrogen) atoms. The van der Waals surface area contributed by atoms with Crippen LogP contribution in [-0.2, 0) is 0 Å². The summed E-state index contributed by atoms with van der Waals surface area (Å²) in [6, 6.07) is 7.49. The average molecular weight is 395 g/mol. The molecular weight excluding hydrogens is 370 g/mol. The Morgan fingerprint density at radius 1 is 0.966 bits per heavy atom. The number of rotatable bonds is 2. The minimum Gasteiger partial charge on any atom is -0.296 e. The van der Waals surface area contributed by atoms with Crippen molar-refractivity contribution in [3.05, 3.63) is 51.6 Å². The van der Waals surface area contributed by atoms with E-state index in [2.05, 4.69) is 39.6 Å². The number of piperidine rings is 1. The molecule has 4 rings (SSSR count). The summed E-state index contributed by atoms with van der Waals surface area (Å²) >= 11 is 0. The van der Waals surface area contributed by atoms with Crippen molar-refractivity contribution in [2.24, 2.45) is 0 Å². The van der Waals surface area contributed by atoms with Crippen LogP contribution in [0, 0.1) is 10.1 Å². The van der Waals surface area contributed by atoms with E-state index in [0.717, 1.165) is 0 Å². The summed E-state index contributed by atoms with van der Waals surface area (Å²) in [5.41, 5.74) is 0.246. The van der Waals surface area contributed by atoms with Crippen LogP contribution in [0.15, 0.2) is 30.3 Å². The Labute approximate surface area is 169 Å². The maximum absolute atomic E-state index is 13.4. The van der Waals surface area contributed by atoms with Gasteiger partial charge in [0.15, 0.2) is 0 Å². The molecule has 7 heteroatoms. The summed E-state index contributed by atoms with van der Waals surface area (Å²) in [5.74, 6) is -0.732. The van der Waals surface area contributed by atoms with Gasteiger partial charge in [0.25, 0.3) is 17.5 Å². The van der Waals surface area contributed by atoms with Gasteiger partial charge in [-0.1, -0.05) is 6.07 Å². The average Bonchev–Trinajstić information content (AvgIpc) is 2.63. The lowest BCUT2D eigenvalue weighted by molar-refractivity contribution is -0.383. The molecule has 2 amide bonds. The normalized spacial score (nSPS) is 21.6. The standard InChI is InChI=1S/C22H25N3O4/c1-21(2)11-13(12-22(3,4)23(21)5)24-19(26)15-8-6-7-14-17(25(28)29)10-9-16(18(14)15)20(24)27/h6-10,13H,11-12H2,1-5H3. The number of hydrogen-bond donors (Lipinski definition) is 0. The molecule has 2 aromatic carbocycles. The number of non-ortho nitro benzene ring substituents is 1. The van der Waals surface area contributed by atoms with Crippen molar-refractivity contribution >= 4 is 28.3 Å². The van der Waals surface area contributed by atoms with Gasteiger partial charge in [-0.05, 0) is 65.8 Å². The number of likely N-dealkylation sites (tertiary alicyclic amines) is 1. The van der Waals surface area contributed by atoms with Gasteiger partial charge in [0.1, 0.15) is 0 Å². The van der Waals surface area contributed by atoms with Crippen LogP contribution in [0.4, 0.5) is 5.69 Å². The molecule has 0 unspecified atom stereocenters. The summed E-state index contributed by atoms with van der Waals surface area (Å²) in [4.78, 5) is 41.5. The maximum atomic E-state index is 13.4. The van der Waals surface area contributed by atoms with E-state index in [1.165, 1.54) is 17.0 Å². The third kappa shape index (κ3) is 2.75. The second kappa shape index (κ2) is 6.10. The van der Waals surface area contributed by atoms with Gasteiger partial charge in [-0.15, -0.1) is 0 Å². The fourth-order valence-electron chi connectivity index (χ4n) is 5.09. The summed E-state index contributed by atoms with van der Waals surface area (Å²) in [7, 11) is 2.07. The molecule has 1 saturated heterocycles. The Morgan fingerprint density at radius 2 is 1.52 bits per heavy atom. The number of nitro benzene ring substituents is 1. The molecular formula is C22H25N3O4. The molecule has 0 bridgehead atoms. The summed E-state index contributed by atoms with van der Waals surface area (Å²) < 4.78 is 0. The van der Waals surface area contributed by atoms with E-state index in [0.29, 0.717) is 34.7 Å². The number of imide groups is 1. The van der Waals surface area contributed by atoms with Crippen molar-refractivity contribution in [1.82, 2.24) is 9.80 Å². The van der Waals surface area contributed by atoms with Crippen LogP contribution >= 0.6 is 0 Å². The summed E-state index contributed by atoms with van der Waals surface area (Å²) in [6.07, 6.45) is 1.34. The number of hydrogen-bond acceptors (Lipinski definition) is 5. The highest BCUT2D eigenvalue weighted by atomic mass is 16.6. The molecule has 0 spiro atoms. The van der Waals surface area contributed by atoms with Crippen molar-refractivity contribution in [2.45, 2.75) is 57.7 Å². The molecule has 0 aromatic heterocycles. The first-order valence-corrected chi connectivity index (χ1v) is 9.78. The second-order valence-electron chi connectivity index (χ2n) is 9.34. The minimum absolute atomic E-state index is 0.0961. The first-order valence-electron chi connectivity index (χ1n) is 9.78. The van der Waals surface area contributed by atoms with Gasteiger partial charge in [-0.3, -0.25) is 29.5 Å². The number of carbonyl (C=O) groups excluding carboxylic acids is 2. The van der Waals surface area contributed by atoms with Crippen molar-refractivity contribution in [1.29, 1.82) is 0 Å². The predicted molar refractivity (Wildman–Crippen MR) is 110 cm³/mol. The molecule has 0 atom stereocenters. The molecule has 0 radical (unpaired) electrons. The molecule has 2 aromatic rings. The van der Waals surface area contributed by atoms with E-state index in [9.17, 15) is 19.7 Å². The number of nitrogens with zero attached hydrogens (tertiary/aromatic N) is 3. The third-order valence-corrected chi connectivity index (χ3v) is 6.76. The largest absolute Gasteiger partial charge is 0.296 e. The number of nitro groups is 1. The van der Waals surface area contributed by atoms with Crippen LogP contribution in [0.5, 0.6) is 0 Å². The zero-order chi connectivity index (χ0) is 21.3. The maximum Gasteiger partial charge on any atom is 0.277 e. The fourth-order valence-corrected chi connectivity index (χ4v) is 5.09. The molecule has 152 valence electrons. The van der Waals surface area contributed by atoms with Gasteiger partial charge in [0.2, 0.25) is 0 Å². The van der Waals surface area contributed by atoms with E-state index in [1.54, 1.807) is 18.2 Å². The fraction of sp³-hybridized carbons (Fsp3) is 0.455. The minimum atomic E-state index is -0.480. The van der Waals surface area contributed by atoms with E-state index < -0.39 is 4.92 Å². The smallest absolute Gasteiger partial charge is 0.277 e. The van der Waals surface area contributed by atoms with Crippen molar-refractivity contribution in [3.8, 4) is 0 Å². The van der Waals surface area contributed by atoms with Crippen LogP contribution in [0.3, 0.4) is 0 Å². The van der Waals surface area contributed by atoms with Crippen LogP contribution in [0.1, 0.15) is 61.3 Å². The molecule has 7 nitrogen and oxygen atoms in total. The van der Waals surface area contributed by atoms with Gasteiger partial charge >= 0.3 is 0 Å². The van der Waals surface area contributed by atoms with E-state index in [4.69, 9.17) is 0 Å². The highest BCUT2D eigenvalue weighted by Gasteiger charge is 2.48. The lowest BCUT2D eigenvalue weighted by atomic mass is 9.76. The number of amides is 2. The summed E-state index contributed by atoms with van der Waals surface area (Å²) in [6.45, 7) is 8.49.